The minimum absolute atomic E-state index is 0.207. The van der Waals surface area contributed by atoms with Crippen LogP contribution in [0.2, 0.25) is 5.02 Å². The molecule has 1 nitrogen and oxygen atoms in total. The van der Waals surface area contributed by atoms with Gasteiger partial charge < -0.3 is 0 Å². The molecule has 0 heterocycles. The summed E-state index contributed by atoms with van der Waals surface area (Å²) in [4.78, 5) is 0.581. The van der Waals surface area contributed by atoms with Crippen LogP contribution in [0, 0.1) is 17.6 Å². The minimum Gasteiger partial charge on any atom is -0.253 e. The lowest BCUT2D eigenvalue weighted by Gasteiger charge is -2.39. The molecule has 1 aliphatic rings. The van der Waals surface area contributed by atoms with Crippen molar-refractivity contribution in [3.8, 4) is 0 Å². The lowest BCUT2D eigenvalue weighted by Crippen LogP contribution is -2.37. The first-order valence-corrected chi connectivity index (χ1v) is 10.4. The zero-order valence-corrected chi connectivity index (χ0v) is 16.0. The topological polar surface area (TPSA) is 17.1 Å². The van der Waals surface area contributed by atoms with Gasteiger partial charge in [-0.25, -0.2) is 8.78 Å². The van der Waals surface area contributed by atoms with Crippen molar-refractivity contribution in [3.63, 3.8) is 0 Å². The molecule has 0 amide bonds. The van der Waals surface area contributed by atoms with E-state index in [0.717, 1.165) is 30.7 Å². The van der Waals surface area contributed by atoms with Crippen molar-refractivity contribution >= 4 is 35.0 Å². The molecule has 2 aromatic rings. The highest BCUT2D eigenvalue weighted by Gasteiger charge is 2.44. The van der Waals surface area contributed by atoms with E-state index >= 15 is 0 Å². The number of halogens is 3. The van der Waals surface area contributed by atoms with Crippen molar-refractivity contribution in [2.75, 3.05) is 5.75 Å². The quantitative estimate of drug-likeness (QED) is 0.647. The third-order valence-corrected chi connectivity index (χ3v) is 7.78. The van der Waals surface area contributed by atoms with Gasteiger partial charge in [-0.15, -0.1) is 0 Å². The molecule has 1 aliphatic carbocycles. The summed E-state index contributed by atoms with van der Waals surface area (Å²) in [6.45, 7) is 0. The number of rotatable bonds is 4. The van der Waals surface area contributed by atoms with Crippen LogP contribution >= 0.6 is 24.2 Å². The van der Waals surface area contributed by atoms with E-state index in [1.54, 1.807) is 24.3 Å². The molecular weight excluding hydrogens is 382 g/mol. The second-order valence-corrected chi connectivity index (χ2v) is 9.06. The van der Waals surface area contributed by atoms with Gasteiger partial charge in [-0.05, 0) is 79.8 Å². The van der Waals surface area contributed by atoms with E-state index in [9.17, 15) is 13.0 Å². The molecule has 0 aliphatic heterocycles. The van der Waals surface area contributed by atoms with Crippen molar-refractivity contribution in [3.05, 3.63) is 64.7 Å². The second kappa shape index (κ2) is 7.77. The van der Waals surface area contributed by atoms with Gasteiger partial charge in [0.25, 0.3) is 0 Å². The Morgan fingerprint density at radius 1 is 1.12 bits per heavy atom. The van der Waals surface area contributed by atoms with Crippen LogP contribution in [-0.4, -0.2) is 9.96 Å². The molecule has 1 unspecified atom stereocenters. The largest absolute Gasteiger partial charge is 0.253 e. The van der Waals surface area contributed by atoms with Crippen LogP contribution in [0.1, 0.15) is 31.2 Å². The SMILES string of the molecule is O=S(c1ccc(Cl)cc1)C1(c2cc(F)ccc2F)CCC(CS)CC1. The summed E-state index contributed by atoms with van der Waals surface area (Å²) in [6.07, 6.45) is 2.65. The first kappa shape index (κ1) is 18.9. The van der Waals surface area contributed by atoms with Crippen LogP contribution in [0.25, 0.3) is 0 Å². The van der Waals surface area contributed by atoms with E-state index in [2.05, 4.69) is 12.6 Å². The molecule has 0 bridgehead atoms. The highest BCUT2D eigenvalue weighted by Crippen LogP contribution is 2.47. The van der Waals surface area contributed by atoms with E-state index in [0.29, 0.717) is 28.7 Å². The number of hydrogen-bond acceptors (Lipinski definition) is 2. The van der Waals surface area contributed by atoms with Crippen molar-refractivity contribution in [1.29, 1.82) is 0 Å². The summed E-state index contributed by atoms with van der Waals surface area (Å²) in [7, 11) is -1.51. The molecule has 2 aromatic carbocycles. The Hall–Kier alpha value is -0.910. The van der Waals surface area contributed by atoms with E-state index in [1.807, 2.05) is 0 Å². The predicted octanol–water partition coefficient (Wildman–Crippen LogP) is 5.74. The zero-order valence-electron chi connectivity index (χ0n) is 13.6. The third-order valence-electron chi connectivity index (χ3n) is 4.97. The predicted molar refractivity (Wildman–Crippen MR) is 102 cm³/mol. The summed E-state index contributed by atoms with van der Waals surface area (Å²) in [5.41, 5.74) is 0.207. The third kappa shape index (κ3) is 3.79. The first-order chi connectivity index (χ1) is 12.0. The molecule has 0 saturated heterocycles. The maximum atomic E-state index is 14.6. The molecule has 0 N–H and O–H groups in total. The molecule has 1 saturated carbocycles. The Morgan fingerprint density at radius 3 is 2.36 bits per heavy atom. The summed E-state index contributed by atoms with van der Waals surface area (Å²) in [6, 6.07) is 10.1. The standard InChI is InChI=1S/C19H19ClF2OS2/c20-14-1-4-16(5-2-14)25(23)19(9-7-13(12-24)8-10-19)17-11-15(21)3-6-18(17)22/h1-6,11,13,24H,7-10,12H2. The normalized spacial score (nSPS) is 24.9. The first-order valence-electron chi connectivity index (χ1n) is 8.20. The molecule has 6 heteroatoms. The van der Waals surface area contributed by atoms with Gasteiger partial charge in [0.05, 0.1) is 15.5 Å². The maximum Gasteiger partial charge on any atom is 0.128 e. The van der Waals surface area contributed by atoms with Gasteiger partial charge in [0.1, 0.15) is 11.6 Å². The lowest BCUT2D eigenvalue weighted by atomic mass is 9.78. The smallest absolute Gasteiger partial charge is 0.128 e. The molecule has 1 fully saturated rings. The fourth-order valence-electron chi connectivity index (χ4n) is 3.51. The van der Waals surface area contributed by atoms with Gasteiger partial charge in [0, 0.05) is 15.5 Å². The summed E-state index contributed by atoms with van der Waals surface area (Å²) in [5, 5.41) is 0.547. The van der Waals surface area contributed by atoms with Crippen molar-refractivity contribution in [2.45, 2.75) is 35.3 Å². The highest BCUT2D eigenvalue weighted by molar-refractivity contribution is 7.86. The fourth-order valence-corrected chi connectivity index (χ4v) is 5.80. The van der Waals surface area contributed by atoms with Gasteiger partial charge in [0.2, 0.25) is 0 Å². The lowest BCUT2D eigenvalue weighted by molar-refractivity contribution is 0.314. The Kier molecular flexibility index (Phi) is 5.86. The number of thiol groups is 1. The van der Waals surface area contributed by atoms with E-state index in [-0.39, 0.29) is 5.56 Å². The molecule has 0 aromatic heterocycles. The zero-order chi connectivity index (χ0) is 18.0. The van der Waals surface area contributed by atoms with Gasteiger partial charge >= 0.3 is 0 Å². The highest BCUT2D eigenvalue weighted by atomic mass is 35.5. The molecule has 1 atom stereocenters. The number of benzene rings is 2. The van der Waals surface area contributed by atoms with Crippen molar-refractivity contribution < 1.29 is 13.0 Å². The van der Waals surface area contributed by atoms with Crippen LogP contribution in [-0.2, 0) is 15.5 Å². The van der Waals surface area contributed by atoms with Gasteiger partial charge in [-0.3, -0.25) is 4.21 Å². The molecule has 3 rings (SSSR count). The Labute approximate surface area is 159 Å². The molecule has 25 heavy (non-hydrogen) atoms. The van der Waals surface area contributed by atoms with Crippen molar-refractivity contribution in [2.24, 2.45) is 5.92 Å². The number of hydrogen-bond donors (Lipinski definition) is 1. The van der Waals surface area contributed by atoms with Crippen LogP contribution < -0.4 is 0 Å². The van der Waals surface area contributed by atoms with E-state index in [1.165, 1.54) is 6.07 Å². The van der Waals surface area contributed by atoms with E-state index in [4.69, 9.17) is 11.6 Å². The average molecular weight is 401 g/mol. The Balaban J connectivity index is 2.08. The van der Waals surface area contributed by atoms with Crippen LogP contribution in [0.3, 0.4) is 0 Å². The Bertz CT molecular complexity index is 771. The fraction of sp³-hybridized carbons (Fsp3) is 0.368. The monoisotopic (exact) mass is 400 g/mol. The summed E-state index contributed by atoms with van der Waals surface area (Å²) >= 11 is 10.3. The van der Waals surface area contributed by atoms with Gasteiger partial charge in [-0.2, -0.15) is 12.6 Å². The molecule has 0 spiro atoms. The maximum absolute atomic E-state index is 14.6. The molecule has 0 radical (unpaired) electrons. The average Bonchev–Trinajstić information content (AvgIpc) is 2.64. The van der Waals surface area contributed by atoms with E-state index < -0.39 is 27.2 Å². The minimum atomic E-state index is -1.51. The second-order valence-electron chi connectivity index (χ2n) is 6.47. The molecular formula is C19H19ClF2OS2. The van der Waals surface area contributed by atoms with Crippen LogP contribution in [0.5, 0.6) is 0 Å². The van der Waals surface area contributed by atoms with Gasteiger partial charge in [-0.1, -0.05) is 11.6 Å². The van der Waals surface area contributed by atoms with Crippen LogP contribution in [0.15, 0.2) is 47.4 Å². The Morgan fingerprint density at radius 2 is 1.76 bits per heavy atom. The summed E-state index contributed by atoms with van der Waals surface area (Å²) < 4.78 is 40.9. The van der Waals surface area contributed by atoms with Crippen LogP contribution in [0.4, 0.5) is 8.78 Å². The molecule has 134 valence electrons. The van der Waals surface area contributed by atoms with Gasteiger partial charge in [0.15, 0.2) is 0 Å². The summed E-state index contributed by atoms with van der Waals surface area (Å²) in [5.74, 6) is 0.137. The van der Waals surface area contributed by atoms with Crippen molar-refractivity contribution in [1.82, 2.24) is 0 Å².